The van der Waals surface area contributed by atoms with Gasteiger partial charge in [-0.05, 0) is 68.4 Å². The maximum Gasteiger partial charge on any atom is 0.266 e. The highest BCUT2D eigenvalue weighted by Crippen LogP contribution is 2.26. The van der Waals surface area contributed by atoms with Gasteiger partial charge in [-0.15, -0.1) is 0 Å². The van der Waals surface area contributed by atoms with Crippen molar-refractivity contribution in [2.24, 2.45) is 0 Å². The molecule has 0 unspecified atom stereocenters. The highest BCUT2D eigenvalue weighted by molar-refractivity contribution is 7.99. The van der Waals surface area contributed by atoms with Crippen LogP contribution in [0.2, 0.25) is 0 Å². The van der Waals surface area contributed by atoms with Gasteiger partial charge in [0.05, 0.1) is 29.5 Å². The largest absolute Gasteiger partial charge is 0.497 e. The van der Waals surface area contributed by atoms with Gasteiger partial charge in [0.15, 0.2) is 10.9 Å². The smallest absolute Gasteiger partial charge is 0.266 e. The van der Waals surface area contributed by atoms with E-state index in [1.54, 1.807) is 17.7 Å². The second-order valence-electron chi connectivity index (χ2n) is 8.42. The first kappa shape index (κ1) is 23.6. The maximum absolute atomic E-state index is 13.4. The van der Waals surface area contributed by atoms with Gasteiger partial charge in [0.1, 0.15) is 5.75 Å². The number of fused-ring (bicyclic) bond motifs is 1. The molecule has 0 saturated carbocycles. The van der Waals surface area contributed by atoms with Crippen LogP contribution in [0.25, 0.3) is 22.3 Å². The Balaban J connectivity index is 1.48. The Morgan fingerprint density at radius 2 is 1.56 bits per heavy atom. The number of rotatable bonds is 7. The normalized spacial score (nSPS) is 11.1. The van der Waals surface area contributed by atoms with Crippen LogP contribution in [0.3, 0.4) is 0 Å². The number of aryl methyl sites for hydroxylation is 1. The van der Waals surface area contributed by atoms with Crippen LogP contribution in [0, 0.1) is 13.8 Å². The summed E-state index contributed by atoms with van der Waals surface area (Å²) in [5, 5.41) is 1.03. The van der Waals surface area contributed by atoms with Gasteiger partial charge in [0.2, 0.25) is 0 Å². The second kappa shape index (κ2) is 9.87. The molecule has 0 atom stereocenters. The number of nitrogens with zero attached hydrogens (tertiary/aromatic N) is 3. The maximum atomic E-state index is 13.4. The van der Waals surface area contributed by atoms with Gasteiger partial charge in [-0.1, -0.05) is 42.1 Å². The van der Waals surface area contributed by atoms with Crippen LogP contribution >= 0.6 is 11.8 Å². The molecule has 36 heavy (non-hydrogen) atoms. The van der Waals surface area contributed by atoms with Gasteiger partial charge in [-0.2, -0.15) is 0 Å². The van der Waals surface area contributed by atoms with Gasteiger partial charge < -0.3 is 9.30 Å². The Labute approximate surface area is 213 Å². The number of ketones is 1. The Kier molecular flexibility index (Phi) is 6.48. The van der Waals surface area contributed by atoms with Crippen molar-refractivity contribution >= 4 is 28.4 Å². The second-order valence-corrected chi connectivity index (χ2v) is 9.36. The van der Waals surface area contributed by atoms with Crippen LogP contribution in [0.4, 0.5) is 0 Å². The van der Waals surface area contributed by atoms with Crippen LogP contribution in [0.1, 0.15) is 21.7 Å². The minimum Gasteiger partial charge on any atom is -0.497 e. The molecular weight excluding hydrogens is 470 g/mol. The molecule has 0 amide bonds. The summed E-state index contributed by atoms with van der Waals surface area (Å²) in [7, 11) is 1.64. The summed E-state index contributed by atoms with van der Waals surface area (Å²) in [6.45, 7) is 3.93. The molecule has 0 aliphatic heterocycles. The number of methoxy groups -OCH3 is 1. The summed E-state index contributed by atoms with van der Waals surface area (Å²) in [5.41, 5.74) is 4.64. The molecule has 0 radical (unpaired) electrons. The van der Waals surface area contributed by atoms with E-state index in [1.807, 2.05) is 92.7 Å². The van der Waals surface area contributed by atoms with Crippen molar-refractivity contribution in [3.8, 4) is 17.1 Å². The van der Waals surface area contributed by atoms with E-state index in [0.717, 1.165) is 22.8 Å². The Morgan fingerprint density at radius 3 is 2.28 bits per heavy atom. The molecule has 0 aliphatic carbocycles. The van der Waals surface area contributed by atoms with Crippen LogP contribution in [-0.4, -0.2) is 32.8 Å². The standard InChI is InChI=1S/C29H25N3O3S/c1-19-17-25(20(2)31(19)22-13-15-23(35-3)16-14-22)27(33)18-36-29-30-26-12-8-7-11-24(26)28(34)32(29)21-9-5-4-6-10-21/h4-17H,18H2,1-3H3. The van der Waals surface area contributed by atoms with Crippen molar-refractivity contribution in [1.29, 1.82) is 0 Å². The molecule has 180 valence electrons. The lowest BCUT2D eigenvalue weighted by atomic mass is 10.2. The first-order valence-electron chi connectivity index (χ1n) is 11.5. The fraction of sp³-hybridized carbons (Fsp3) is 0.138. The molecule has 3 aromatic carbocycles. The summed E-state index contributed by atoms with van der Waals surface area (Å²) >= 11 is 1.27. The van der Waals surface area contributed by atoms with E-state index in [0.29, 0.717) is 27.3 Å². The quantitative estimate of drug-likeness (QED) is 0.163. The molecule has 0 saturated heterocycles. The van der Waals surface area contributed by atoms with Crippen LogP contribution in [0.5, 0.6) is 5.75 Å². The Hall–Kier alpha value is -4.10. The third kappa shape index (κ3) is 4.33. The summed E-state index contributed by atoms with van der Waals surface area (Å²) in [5.74, 6) is 0.918. The third-order valence-corrected chi connectivity index (χ3v) is 7.09. The number of para-hydroxylation sites is 2. The van der Waals surface area contributed by atoms with Gasteiger partial charge >= 0.3 is 0 Å². The zero-order chi connectivity index (χ0) is 25.2. The van der Waals surface area contributed by atoms with E-state index in [4.69, 9.17) is 9.72 Å². The van der Waals surface area contributed by atoms with Crippen molar-refractivity contribution in [3.63, 3.8) is 0 Å². The van der Waals surface area contributed by atoms with Crippen LogP contribution in [0.15, 0.2) is 94.9 Å². The number of hydrogen-bond donors (Lipinski definition) is 0. The van der Waals surface area contributed by atoms with E-state index < -0.39 is 0 Å². The molecule has 2 aromatic heterocycles. The zero-order valence-electron chi connectivity index (χ0n) is 20.3. The Morgan fingerprint density at radius 1 is 0.889 bits per heavy atom. The molecule has 0 spiro atoms. The van der Waals surface area contributed by atoms with E-state index in [-0.39, 0.29) is 17.1 Å². The fourth-order valence-electron chi connectivity index (χ4n) is 4.40. The molecule has 6 nitrogen and oxygen atoms in total. The number of ether oxygens (including phenoxy) is 1. The molecular formula is C29H25N3O3S. The first-order valence-corrected chi connectivity index (χ1v) is 12.5. The van der Waals surface area contributed by atoms with Gasteiger partial charge in [-0.3, -0.25) is 14.2 Å². The average Bonchev–Trinajstić information content (AvgIpc) is 3.21. The zero-order valence-corrected chi connectivity index (χ0v) is 21.1. The number of Topliss-reactive ketones (excluding diaryl/α,β-unsaturated/α-hetero) is 1. The number of carbonyl (C=O) groups excluding carboxylic acids is 1. The lowest BCUT2D eigenvalue weighted by Gasteiger charge is -2.13. The Bertz CT molecular complexity index is 1620. The first-order chi connectivity index (χ1) is 17.5. The molecule has 0 N–H and O–H groups in total. The minimum absolute atomic E-state index is 0.0186. The highest BCUT2D eigenvalue weighted by Gasteiger charge is 2.19. The monoisotopic (exact) mass is 495 g/mol. The van der Waals surface area contributed by atoms with Gasteiger partial charge in [-0.25, -0.2) is 4.98 Å². The van der Waals surface area contributed by atoms with E-state index in [9.17, 15) is 9.59 Å². The van der Waals surface area contributed by atoms with Crippen molar-refractivity contribution in [3.05, 3.63) is 112 Å². The van der Waals surface area contributed by atoms with Crippen LogP contribution < -0.4 is 10.3 Å². The lowest BCUT2D eigenvalue weighted by molar-refractivity contribution is 0.102. The van der Waals surface area contributed by atoms with E-state index in [1.165, 1.54) is 11.8 Å². The SMILES string of the molecule is COc1ccc(-n2c(C)cc(C(=O)CSc3nc4ccccc4c(=O)n3-c3ccccc3)c2C)cc1. The summed E-state index contributed by atoms with van der Waals surface area (Å²) in [6, 6.07) is 26.3. The summed E-state index contributed by atoms with van der Waals surface area (Å²) in [4.78, 5) is 31.5. The number of aromatic nitrogens is 3. The fourth-order valence-corrected chi connectivity index (χ4v) is 5.29. The third-order valence-electron chi connectivity index (χ3n) is 6.15. The predicted octanol–water partition coefficient (Wildman–Crippen LogP) is 5.78. The minimum atomic E-state index is -0.153. The number of benzene rings is 3. The molecule has 7 heteroatoms. The molecule has 0 bridgehead atoms. The van der Waals surface area contributed by atoms with Gasteiger partial charge in [0, 0.05) is 22.6 Å². The van der Waals surface area contributed by atoms with E-state index in [2.05, 4.69) is 4.57 Å². The van der Waals surface area contributed by atoms with Crippen molar-refractivity contribution < 1.29 is 9.53 Å². The average molecular weight is 496 g/mol. The predicted molar refractivity (Wildman–Crippen MR) is 144 cm³/mol. The van der Waals surface area contributed by atoms with Crippen molar-refractivity contribution in [1.82, 2.24) is 14.1 Å². The molecule has 5 rings (SSSR count). The van der Waals surface area contributed by atoms with Crippen molar-refractivity contribution in [2.75, 3.05) is 12.9 Å². The van der Waals surface area contributed by atoms with Crippen LogP contribution in [-0.2, 0) is 0 Å². The van der Waals surface area contributed by atoms with E-state index >= 15 is 0 Å². The number of thioether (sulfide) groups is 1. The van der Waals surface area contributed by atoms with Gasteiger partial charge in [0.25, 0.3) is 5.56 Å². The highest BCUT2D eigenvalue weighted by atomic mass is 32.2. The molecule has 5 aromatic rings. The molecule has 0 fully saturated rings. The summed E-state index contributed by atoms with van der Waals surface area (Å²) in [6.07, 6.45) is 0. The van der Waals surface area contributed by atoms with Crippen molar-refractivity contribution in [2.45, 2.75) is 19.0 Å². The topological polar surface area (TPSA) is 66.1 Å². The number of hydrogen-bond acceptors (Lipinski definition) is 5. The lowest BCUT2D eigenvalue weighted by Crippen LogP contribution is -2.22. The molecule has 2 heterocycles. The molecule has 0 aliphatic rings. The summed E-state index contributed by atoms with van der Waals surface area (Å²) < 4.78 is 8.91. The number of carbonyl (C=O) groups is 1.